The fraction of sp³-hybridized carbons (Fsp3) is 0.533. The fourth-order valence-corrected chi connectivity index (χ4v) is 2.39. The summed E-state index contributed by atoms with van der Waals surface area (Å²) in [6.07, 6.45) is 4.48. The zero-order valence-electron chi connectivity index (χ0n) is 11.0. The Labute approximate surface area is 109 Å². The number of hydrogen-bond donors (Lipinski definition) is 0. The van der Waals surface area contributed by atoms with E-state index in [0.29, 0.717) is 5.56 Å². The number of hydrogen-bond acceptors (Lipinski definition) is 3. The Balaban J connectivity index is 1.95. The van der Waals surface area contributed by atoms with Gasteiger partial charge in [-0.15, -0.1) is 0 Å². The number of piperidine rings is 1. The first-order chi connectivity index (χ1) is 8.81. The van der Waals surface area contributed by atoms with Gasteiger partial charge in [-0.2, -0.15) is 0 Å². The summed E-state index contributed by atoms with van der Waals surface area (Å²) in [6.45, 7) is 4.15. The zero-order valence-corrected chi connectivity index (χ0v) is 11.0. The molecule has 3 heteroatoms. The summed E-state index contributed by atoms with van der Waals surface area (Å²) in [6, 6.07) is 9.21. The molecule has 0 radical (unpaired) electrons. The molecule has 2 rings (SSSR count). The third-order valence-electron chi connectivity index (χ3n) is 3.40. The molecular formula is C15H21NO2. The number of nitrogens with zero attached hydrogens (tertiary/aromatic N) is 1. The molecule has 1 aliphatic heterocycles. The minimum Gasteiger partial charge on any atom is -0.443 e. The van der Waals surface area contributed by atoms with Crippen molar-refractivity contribution in [1.82, 2.24) is 4.90 Å². The van der Waals surface area contributed by atoms with Crippen molar-refractivity contribution in [3.63, 3.8) is 0 Å². The minimum absolute atomic E-state index is 0.0713. The van der Waals surface area contributed by atoms with Gasteiger partial charge in [-0.1, -0.05) is 31.5 Å². The highest BCUT2D eigenvalue weighted by Gasteiger charge is 2.22. The normalized spacial score (nSPS) is 18.3. The molecule has 1 atom stereocenters. The summed E-state index contributed by atoms with van der Waals surface area (Å²) >= 11 is 0. The van der Waals surface area contributed by atoms with E-state index in [1.807, 2.05) is 18.2 Å². The quantitative estimate of drug-likeness (QED) is 0.766. The molecule has 0 N–H and O–H groups in total. The summed E-state index contributed by atoms with van der Waals surface area (Å²) in [4.78, 5) is 14.3. The number of likely N-dealkylation sites (tertiary alicyclic amines) is 1. The molecule has 98 valence electrons. The van der Waals surface area contributed by atoms with Gasteiger partial charge in [-0.25, -0.2) is 4.79 Å². The summed E-state index contributed by atoms with van der Waals surface area (Å²) in [5, 5.41) is 0. The summed E-state index contributed by atoms with van der Waals surface area (Å²) in [5.41, 5.74) is 0.632. The summed E-state index contributed by atoms with van der Waals surface area (Å²) in [5.74, 6) is -0.215. The number of rotatable bonds is 4. The van der Waals surface area contributed by atoms with E-state index in [9.17, 15) is 4.79 Å². The van der Waals surface area contributed by atoms with Gasteiger partial charge >= 0.3 is 5.97 Å². The lowest BCUT2D eigenvalue weighted by Gasteiger charge is -2.33. The summed E-state index contributed by atoms with van der Waals surface area (Å²) in [7, 11) is 0. The van der Waals surface area contributed by atoms with E-state index in [4.69, 9.17) is 4.74 Å². The molecule has 1 aromatic carbocycles. The molecule has 0 amide bonds. The van der Waals surface area contributed by atoms with Crippen molar-refractivity contribution in [2.45, 2.75) is 38.8 Å². The third-order valence-corrected chi connectivity index (χ3v) is 3.40. The standard InChI is InChI=1S/C15H21NO2/c1-2-14(16-11-7-4-8-12-16)18-15(17)13-9-5-3-6-10-13/h3,5-6,9-10,14H,2,4,7-8,11-12H2,1H3. The molecule has 1 saturated heterocycles. The third kappa shape index (κ3) is 3.33. The highest BCUT2D eigenvalue weighted by Crippen LogP contribution is 2.16. The molecular weight excluding hydrogens is 226 g/mol. The molecule has 0 saturated carbocycles. The molecule has 18 heavy (non-hydrogen) atoms. The first kappa shape index (κ1) is 13.1. The van der Waals surface area contributed by atoms with Gasteiger partial charge in [0.2, 0.25) is 0 Å². The Hall–Kier alpha value is -1.35. The number of carbonyl (C=O) groups excluding carboxylic acids is 1. The van der Waals surface area contributed by atoms with Crippen LogP contribution in [-0.2, 0) is 4.74 Å². The van der Waals surface area contributed by atoms with E-state index in [2.05, 4.69) is 11.8 Å². The van der Waals surface area contributed by atoms with Crippen LogP contribution in [0.5, 0.6) is 0 Å². The Kier molecular flexibility index (Phi) is 4.76. The van der Waals surface area contributed by atoms with Crippen molar-refractivity contribution >= 4 is 5.97 Å². The average Bonchev–Trinajstić information content (AvgIpc) is 2.46. The molecule has 1 aromatic rings. The first-order valence-electron chi connectivity index (χ1n) is 6.81. The number of benzene rings is 1. The maximum absolute atomic E-state index is 12.0. The monoisotopic (exact) mass is 247 g/mol. The van der Waals surface area contributed by atoms with Gasteiger partial charge in [0, 0.05) is 13.1 Å². The second kappa shape index (κ2) is 6.55. The van der Waals surface area contributed by atoms with E-state index >= 15 is 0 Å². The molecule has 1 aliphatic rings. The van der Waals surface area contributed by atoms with Gasteiger partial charge in [0.15, 0.2) is 6.23 Å². The lowest BCUT2D eigenvalue weighted by atomic mass is 10.1. The van der Waals surface area contributed by atoms with Gasteiger partial charge in [0.05, 0.1) is 5.56 Å². The number of carbonyl (C=O) groups is 1. The Morgan fingerprint density at radius 1 is 1.22 bits per heavy atom. The molecule has 1 fully saturated rings. The molecule has 0 aromatic heterocycles. The lowest BCUT2D eigenvalue weighted by molar-refractivity contribution is -0.0410. The molecule has 3 nitrogen and oxygen atoms in total. The Bertz CT molecular complexity index is 371. The van der Waals surface area contributed by atoms with Crippen molar-refractivity contribution in [1.29, 1.82) is 0 Å². The van der Waals surface area contributed by atoms with Crippen LogP contribution in [0.15, 0.2) is 30.3 Å². The summed E-state index contributed by atoms with van der Waals surface area (Å²) < 4.78 is 5.61. The molecule has 0 aliphatic carbocycles. The van der Waals surface area contributed by atoms with Crippen molar-refractivity contribution < 1.29 is 9.53 Å². The largest absolute Gasteiger partial charge is 0.443 e. The number of ether oxygens (including phenoxy) is 1. The molecule has 0 bridgehead atoms. The molecule has 0 spiro atoms. The second-order valence-corrected chi connectivity index (χ2v) is 4.73. The van der Waals surface area contributed by atoms with E-state index in [-0.39, 0.29) is 12.2 Å². The maximum Gasteiger partial charge on any atom is 0.339 e. The Morgan fingerprint density at radius 3 is 2.50 bits per heavy atom. The van der Waals surface area contributed by atoms with Gasteiger partial charge in [-0.05, 0) is 31.4 Å². The topological polar surface area (TPSA) is 29.5 Å². The van der Waals surface area contributed by atoms with Crippen molar-refractivity contribution in [3.8, 4) is 0 Å². The van der Waals surface area contributed by atoms with Crippen molar-refractivity contribution in [2.75, 3.05) is 13.1 Å². The van der Waals surface area contributed by atoms with Crippen LogP contribution in [0.4, 0.5) is 0 Å². The minimum atomic E-state index is -0.215. The molecule has 1 heterocycles. The van der Waals surface area contributed by atoms with Crippen molar-refractivity contribution in [3.05, 3.63) is 35.9 Å². The average molecular weight is 247 g/mol. The second-order valence-electron chi connectivity index (χ2n) is 4.73. The van der Waals surface area contributed by atoms with Crippen LogP contribution < -0.4 is 0 Å². The predicted octanol–water partition coefficient (Wildman–Crippen LogP) is 3.07. The number of esters is 1. The highest BCUT2D eigenvalue weighted by atomic mass is 16.6. The lowest BCUT2D eigenvalue weighted by Crippen LogP contribution is -2.41. The van der Waals surface area contributed by atoms with E-state index in [1.165, 1.54) is 19.3 Å². The predicted molar refractivity (Wildman–Crippen MR) is 71.4 cm³/mol. The SMILES string of the molecule is CCC(OC(=O)c1ccccc1)N1CCCCC1. The smallest absolute Gasteiger partial charge is 0.339 e. The van der Waals surface area contributed by atoms with Gasteiger partial charge < -0.3 is 4.74 Å². The van der Waals surface area contributed by atoms with Crippen LogP contribution in [0, 0.1) is 0 Å². The zero-order chi connectivity index (χ0) is 12.8. The van der Waals surface area contributed by atoms with Crippen LogP contribution in [0.1, 0.15) is 43.0 Å². The molecule has 1 unspecified atom stereocenters. The van der Waals surface area contributed by atoms with Crippen molar-refractivity contribution in [2.24, 2.45) is 0 Å². The van der Waals surface area contributed by atoms with Gasteiger partial charge in [0.25, 0.3) is 0 Å². The van der Waals surface area contributed by atoms with Crippen LogP contribution >= 0.6 is 0 Å². The van der Waals surface area contributed by atoms with Crippen LogP contribution in [0.2, 0.25) is 0 Å². The van der Waals surface area contributed by atoms with Crippen LogP contribution in [0.3, 0.4) is 0 Å². The van der Waals surface area contributed by atoms with E-state index < -0.39 is 0 Å². The van der Waals surface area contributed by atoms with Gasteiger partial charge in [-0.3, -0.25) is 4.90 Å². The van der Waals surface area contributed by atoms with E-state index in [0.717, 1.165) is 19.5 Å². The van der Waals surface area contributed by atoms with E-state index in [1.54, 1.807) is 12.1 Å². The first-order valence-corrected chi connectivity index (χ1v) is 6.81. The fourth-order valence-electron chi connectivity index (χ4n) is 2.39. The Morgan fingerprint density at radius 2 is 1.89 bits per heavy atom. The maximum atomic E-state index is 12.0. The van der Waals surface area contributed by atoms with Crippen LogP contribution in [0.25, 0.3) is 0 Å². The van der Waals surface area contributed by atoms with Gasteiger partial charge in [0.1, 0.15) is 0 Å². The van der Waals surface area contributed by atoms with Crippen LogP contribution in [-0.4, -0.2) is 30.2 Å². The highest BCUT2D eigenvalue weighted by molar-refractivity contribution is 5.89.